The van der Waals surface area contributed by atoms with Gasteiger partial charge in [0, 0.05) is 10.9 Å². The van der Waals surface area contributed by atoms with Crippen LogP contribution in [0.5, 0.6) is 0 Å². The first-order chi connectivity index (χ1) is 9.42. The van der Waals surface area contributed by atoms with Gasteiger partial charge in [-0.05, 0) is 23.6 Å². The minimum absolute atomic E-state index is 0.673. The molecule has 0 bridgehead atoms. The summed E-state index contributed by atoms with van der Waals surface area (Å²) in [6, 6.07) is 22.3. The Morgan fingerprint density at radius 3 is 2.42 bits per heavy atom. The quantitative estimate of drug-likeness (QED) is 0.488. The average Bonchev–Trinajstić information content (AvgIpc) is 2.93. The molecule has 1 heterocycles. The molecule has 19 heavy (non-hydrogen) atoms. The Labute approximate surface area is 110 Å². The van der Waals surface area contributed by atoms with Crippen molar-refractivity contribution in [3.8, 4) is 11.5 Å². The van der Waals surface area contributed by atoms with Crippen LogP contribution >= 0.6 is 0 Å². The normalized spacial score (nSPS) is 11.2. The van der Waals surface area contributed by atoms with Gasteiger partial charge in [-0.15, -0.1) is 0 Å². The molecule has 0 saturated heterocycles. The van der Waals surface area contributed by atoms with E-state index in [1.165, 1.54) is 5.39 Å². The summed E-state index contributed by atoms with van der Waals surface area (Å²) in [4.78, 5) is 4.64. The van der Waals surface area contributed by atoms with Crippen molar-refractivity contribution in [2.24, 2.45) is 0 Å². The summed E-state index contributed by atoms with van der Waals surface area (Å²) in [5, 5.41) is 2.31. The lowest BCUT2D eigenvalue weighted by Crippen LogP contribution is -1.76. The molecule has 0 aliphatic carbocycles. The van der Waals surface area contributed by atoms with Crippen LogP contribution in [0.25, 0.3) is 33.3 Å². The summed E-state index contributed by atoms with van der Waals surface area (Å²) in [5.41, 5.74) is 2.76. The molecule has 4 aromatic rings. The molecule has 90 valence electrons. The van der Waals surface area contributed by atoms with Gasteiger partial charge in [-0.25, -0.2) is 4.98 Å². The maximum atomic E-state index is 5.85. The number of hydrogen-bond donors (Lipinski definition) is 0. The highest BCUT2D eigenvalue weighted by atomic mass is 16.3. The second-order valence-electron chi connectivity index (χ2n) is 4.52. The molecule has 0 aliphatic rings. The van der Waals surface area contributed by atoms with Gasteiger partial charge in [0.15, 0.2) is 5.58 Å². The zero-order valence-corrected chi connectivity index (χ0v) is 10.2. The van der Waals surface area contributed by atoms with Crippen LogP contribution in [0.15, 0.2) is 71.1 Å². The summed E-state index contributed by atoms with van der Waals surface area (Å²) in [5.74, 6) is 0.673. The predicted molar refractivity (Wildman–Crippen MR) is 77.0 cm³/mol. The summed E-state index contributed by atoms with van der Waals surface area (Å²) >= 11 is 0. The molecule has 0 amide bonds. The third-order valence-electron chi connectivity index (χ3n) is 3.30. The average molecular weight is 245 g/mol. The molecular weight excluding hydrogens is 234 g/mol. The first-order valence-electron chi connectivity index (χ1n) is 6.25. The largest absolute Gasteiger partial charge is 0.436 e. The van der Waals surface area contributed by atoms with Gasteiger partial charge in [0.05, 0.1) is 0 Å². The van der Waals surface area contributed by atoms with Crippen molar-refractivity contribution in [2.45, 2.75) is 0 Å². The van der Waals surface area contributed by atoms with Gasteiger partial charge in [-0.2, -0.15) is 0 Å². The summed E-state index contributed by atoms with van der Waals surface area (Å²) < 4.78 is 5.85. The molecule has 3 aromatic carbocycles. The van der Waals surface area contributed by atoms with Crippen LogP contribution in [0.4, 0.5) is 0 Å². The predicted octanol–water partition coefficient (Wildman–Crippen LogP) is 4.65. The van der Waals surface area contributed by atoms with E-state index < -0.39 is 0 Å². The highest BCUT2D eigenvalue weighted by molar-refractivity contribution is 6.03. The molecule has 0 unspecified atom stereocenters. The highest BCUT2D eigenvalue weighted by Crippen LogP contribution is 2.29. The fourth-order valence-corrected chi connectivity index (χ4v) is 2.37. The molecule has 0 saturated carbocycles. The molecule has 0 fully saturated rings. The number of hydrogen-bond acceptors (Lipinski definition) is 2. The van der Waals surface area contributed by atoms with Crippen molar-refractivity contribution >= 4 is 21.9 Å². The monoisotopic (exact) mass is 245 g/mol. The Morgan fingerprint density at radius 1 is 0.737 bits per heavy atom. The number of fused-ring (bicyclic) bond motifs is 3. The maximum Gasteiger partial charge on any atom is 0.227 e. The zero-order chi connectivity index (χ0) is 12.7. The van der Waals surface area contributed by atoms with Crippen molar-refractivity contribution < 1.29 is 4.42 Å². The third kappa shape index (κ3) is 1.61. The number of nitrogens with zero attached hydrogens (tertiary/aromatic N) is 1. The Morgan fingerprint density at radius 2 is 1.53 bits per heavy atom. The Bertz CT molecular complexity index is 862. The van der Waals surface area contributed by atoms with E-state index in [-0.39, 0.29) is 0 Å². The topological polar surface area (TPSA) is 26.0 Å². The molecule has 2 nitrogen and oxygen atoms in total. The SMILES string of the molecule is c1ccc(-c2nc3c(ccc4ccccc43)o2)cc1. The van der Waals surface area contributed by atoms with Crippen LogP contribution in [0.2, 0.25) is 0 Å². The molecule has 0 aliphatic heterocycles. The summed E-state index contributed by atoms with van der Waals surface area (Å²) in [6.45, 7) is 0. The lowest BCUT2D eigenvalue weighted by molar-refractivity contribution is 0.620. The fourth-order valence-electron chi connectivity index (χ4n) is 2.37. The van der Waals surface area contributed by atoms with E-state index in [4.69, 9.17) is 4.42 Å². The smallest absolute Gasteiger partial charge is 0.227 e. The van der Waals surface area contributed by atoms with E-state index in [2.05, 4.69) is 23.2 Å². The van der Waals surface area contributed by atoms with Crippen molar-refractivity contribution in [1.82, 2.24) is 4.98 Å². The van der Waals surface area contributed by atoms with E-state index in [1.54, 1.807) is 0 Å². The minimum atomic E-state index is 0.673. The van der Waals surface area contributed by atoms with Gasteiger partial charge in [0.1, 0.15) is 5.52 Å². The highest BCUT2D eigenvalue weighted by Gasteiger charge is 2.10. The standard InChI is InChI=1S/C17H11NO/c1-2-7-13(8-3-1)17-18-16-14-9-5-4-6-12(14)10-11-15(16)19-17/h1-11H. The molecular formula is C17H11NO. The molecule has 1 aromatic heterocycles. The lowest BCUT2D eigenvalue weighted by atomic mass is 10.1. The van der Waals surface area contributed by atoms with Crippen molar-refractivity contribution in [1.29, 1.82) is 0 Å². The zero-order valence-electron chi connectivity index (χ0n) is 10.2. The number of aromatic nitrogens is 1. The summed E-state index contributed by atoms with van der Waals surface area (Å²) in [6.07, 6.45) is 0. The van der Waals surface area contributed by atoms with Crippen LogP contribution in [0, 0.1) is 0 Å². The van der Waals surface area contributed by atoms with Crippen molar-refractivity contribution in [3.63, 3.8) is 0 Å². The van der Waals surface area contributed by atoms with Gasteiger partial charge in [0.25, 0.3) is 0 Å². The second-order valence-corrected chi connectivity index (χ2v) is 4.52. The first kappa shape index (κ1) is 10.3. The fraction of sp³-hybridized carbons (Fsp3) is 0. The van der Waals surface area contributed by atoms with E-state index in [9.17, 15) is 0 Å². The molecule has 2 heteroatoms. The van der Waals surface area contributed by atoms with Gasteiger partial charge in [-0.1, -0.05) is 48.5 Å². The molecule has 4 rings (SSSR count). The van der Waals surface area contributed by atoms with Crippen LogP contribution in [-0.4, -0.2) is 4.98 Å². The van der Waals surface area contributed by atoms with Gasteiger partial charge in [-0.3, -0.25) is 0 Å². The van der Waals surface area contributed by atoms with Gasteiger partial charge < -0.3 is 4.42 Å². The minimum Gasteiger partial charge on any atom is -0.436 e. The van der Waals surface area contributed by atoms with E-state index in [0.29, 0.717) is 5.89 Å². The van der Waals surface area contributed by atoms with Crippen LogP contribution in [-0.2, 0) is 0 Å². The molecule has 0 radical (unpaired) electrons. The van der Waals surface area contributed by atoms with Crippen LogP contribution in [0.1, 0.15) is 0 Å². The van der Waals surface area contributed by atoms with Crippen LogP contribution in [0.3, 0.4) is 0 Å². The van der Waals surface area contributed by atoms with E-state index >= 15 is 0 Å². The number of benzene rings is 3. The molecule has 0 N–H and O–H groups in total. The lowest BCUT2D eigenvalue weighted by Gasteiger charge is -1.95. The first-order valence-corrected chi connectivity index (χ1v) is 6.25. The Balaban J connectivity index is 2.04. The maximum absolute atomic E-state index is 5.85. The van der Waals surface area contributed by atoms with Crippen LogP contribution < -0.4 is 0 Å². The summed E-state index contributed by atoms with van der Waals surface area (Å²) in [7, 11) is 0. The van der Waals surface area contributed by atoms with Gasteiger partial charge >= 0.3 is 0 Å². The third-order valence-corrected chi connectivity index (χ3v) is 3.30. The second kappa shape index (κ2) is 3.95. The van der Waals surface area contributed by atoms with Crippen molar-refractivity contribution in [2.75, 3.05) is 0 Å². The molecule has 0 spiro atoms. The van der Waals surface area contributed by atoms with Gasteiger partial charge in [0.2, 0.25) is 5.89 Å². The molecule has 0 atom stereocenters. The number of oxazole rings is 1. The number of rotatable bonds is 1. The van der Waals surface area contributed by atoms with E-state index in [0.717, 1.165) is 22.0 Å². The van der Waals surface area contributed by atoms with E-state index in [1.807, 2.05) is 48.5 Å². The van der Waals surface area contributed by atoms with Crippen molar-refractivity contribution in [3.05, 3.63) is 66.7 Å². The Kier molecular flexibility index (Phi) is 2.15. The Hall–Kier alpha value is -2.61.